The molecule has 1 aromatic rings. The minimum Gasteiger partial charge on any atom is -0.395 e. The molecule has 1 saturated heterocycles. The molecule has 1 heterocycles. The Morgan fingerprint density at radius 1 is 1.33 bits per heavy atom. The van der Waals surface area contributed by atoms with Gasteiger partial charge in [-0.05, 0) is 12.0 Å². The first-order valence-electron chi connectivity index (χ1n) is 5.27. The molecule has 0 radical (unpaired) electrons. The zero-order valence-electron chi connectivity index (χ0n) is 8.60. The zero-order valence-corrected chi connectivity index (χ0v) is 8.60. The van der Waals surface area contributed by atoms with E-state index >= 15 is 0 Å². The zero-order chi connectivity index (χ0) is 10.7. The van der Waals surface area contributed by atoms with Crippen molar-refractivity contribution in [1.82, 2.24) is 4.90 Å². The van der Waals surface area contributed by atoms with E-state index in [2.05, 4.69) is 0 Å². The molecule has 0 aliphatic carbocycles. The molecule has 0 unspecified atom stereocenters. The summed E-state index contributed by atoms with van der Waals surface area (Å²) < 4.78 is 0. The lowest BCUT2D eigenvalue weighted by Crippen LogP contribution is -2.45. The van der Waals surface area contributed by atoms with Crippen molar-refractivity contribution >= 4 is 5.91 Å². The fourth-order valence-electron chi connectivity index (χ4n) is 1.77. The molecule has 1 amide bonds. The number of rotatable bonds is 3. The van der Waals surface area contributed by atoms with Gasteiger partial charge in [0.2, 0.25) is 5.91 Å². The normalized spacial score (nSPS) is 17.0. The number of aliphatic hydroxyl groups excluding tert-OH is 1. The largest absolute Gasteiger partial charge is 0.395 e. The monoisotopic (exact) mass is 205 g/mol. The summed E-state index contributed by atoms with van der Waals surface area (Å²) in [5.74, 6) is -0.332. The fourth-order valence-corrected chi connectivity index (χ4v) is 1.77. The Kier molecular flexibility index (Phi) is 3.02. The van der Waals surface area contributed by atoms with E-state index in [4.69, 9.17) is 0 Å². The van der Waals surface area contributed by atoms with Crippen molar-refractivity contribution in [3.63, 3.8) is 0 Å². The second-order valence-corrected chi connectivity index (χ2v) is 3.82. The molecule has 1 atom stereocenters. The number of benzene rings is 1. The van der Waals surface area contributed by atoms with E-state index in [0.717, 1.165) is 25.1 Å². The lowest BCUT2D eigenvalue weighted by Gasteiger charge is -2.33. The predicted molar refractivity (Wildman–Crippen MR) is 57.5 cm³/mol. The summed E-state index contributed by atoms with van der Waals surface area (Å²) in [5.41, 5.74) is 0.900. The fraction of sp³-hybridized carbons (Fsp3) is 0.417. The summed E-state index contributed by atoms with van der Waals surface area (Å²) in [6, 6.07) is 9.46. The maximum absolute atomic E-state index is 11.9. The van der Waals surface area contributed by atoms with Gasteiger partial charge in [-0.2, -0.15) is 0 Å². The molecule has 0 saturated carbocycles. The second kappa shape index (κ2) is 4.45. The molecule has 15 heavy (non-hydrogen) atoms. The van der Waals surface area contributed by atoms with Crippen LogP contribution in [0.25, 0.3) is 0 Å². The Morgan fingerprint density at radius 3 is 2.47 bits per heavy atom. The van der Waals surface area contributed by atoms with Crippen LogP contribution < -0.4 is 0 Å². The molecular formula is C12H15NO2. The first-order valence-corrected chi connectivity index (χ1v) is 5.27. The Hall–Kier alpha value is -1.35. The van der Waals surface area contributed by atoms with Crippen LogP contribution >= 0.6 is 0 Å². The maximum Gasteiger partial charge on any atom is 0.232 e. The van der Waals surface area contributed by atoms with Crippen LogP contribution in [0.5, 0.6) is 0 Å². The molecule has 1 fully saturated rings. The molecule has 3 nitrogen and oxygen atoms in total. The number of aliphatic hydroxyl groups is 1. The predicted octanol–water partition coefficient (Wildman–Crippen LogP) is 0.995. The quantitative estimate of drug-likeness (QED) is 0.799. The number of hydrogen-bond acceptors (Lipinski definition) is 2. The van der Waals surface area contributed by atoms with E-state index in [1.54, 1.807) is 4.90 Å². The van der Waals surface area contributed by atoms with Crippen LogP contribution in [0.2, 0.25) is 0 Å². The molecule has 3 heteroatoms. The van der Waals surface area contributed by atoms with E-state index in [-0.39, 0.29) is 18.4 Å². The van der Waals surface area contributed by atoms with E-state index in [1.165, 1.54) is 0 Å². The lowest BCUT2D eigenvalue weighted by atomic mass is 9.97. The maximum atomic E-state index is 11.9. The molecular weight excluding hydrogens is 190 g/mol. The Bertz CT molecular complexity index is 333. The van der Waals surface area contributed by atoms with Gasteiger partial charge in [0.05, 0.1) is 12.5 Å². The van der Waals surface area contributed by atoms with Crippen molar-refractivity contribution in [2.24, 2.45) is 0 Å². The van der Waals surface area contributed by atoms with Crippen molar-refractivity contribution < 1.29 is 9.90 Å². The van der Waals surface area contributed by atoms with E-state index in [9.17, 15) is 9.90 Å². The van der Waals surface area contributed by atoms with Crippen LogP contribution in [0, 0.1) is 0 Å². The number of carbonyl (C=O) groups excluding carboxylic acids is 1. The van der Waals surface area contributed by atoms with E-state index in [1.807, 2.05) is 30.3 Å². The van der Waals surface area contributed by atoms with Gasteiger partial charge < -0.3 is 10.0 Å². The van der Waals surface area contributed by atoms with Crippen LogP contribution in [0.15, 0.2) is 30.3 Å². The minimum atomic E-state index is -0.383. The van der Waals surface area contributed by atoms with Gasteiger partial charge >= 0.3 is 0 Å². The molecule has 1 aliphatic rings. The lowest BCUT2D eigenvalue weighted by molar-refractivity contribution is -0.137. The third-order valence-electron chi connectivity index (χ3n) is 2.85. The van der Waals surface area contributed by atoms with Crippen LogP contribution in [-0.2, 0) is 4.79 Å². The average Bonchev–Trinajstić information content (AvgIpc) is 2.18. The number of carbonyl (C=O) groups is 1. The van der Waals surface area contributed by atoms with Gasteiger partial charge in [-0.1, -0.05) is 30.3 Å². The molecule has 0 aromatic heterocycles. The van der Waals surface area contributed by atoms with Gasteiger partial charge in [-0.3, -0.25) is 4.79 Å². The van der Waals surface area contributed by atoms with Crippen molar-refractivity contribution in [2.45, 2.75) is 12.3 Å². The molecule has 1 aliphatic heterocycles. The van der Waals surface area contributed by atoms with Gasteiger partial charge in [0.15, 0.2) is 0 Å². The highest BCUT2D eigenvalue weighted by Crippen LogP contribution is 2.20. The summed E-state index contributed by atoms with van der Waals surface area (Å²) in [5, 5.41) is 9.27. The van der Waals surface area contributed by atoms with Crippen LogP contribution in [0.1, 0.15) is 17.9 Å². The van der Waals surface area contributed by atoms with Gasteiger partial charge in [-0.25, -0.2) is 0 Å². The molecule has 1 aromatic carbocycles. The summed E-state index contributed by atoms with van der Waals surface area (Å²) >= 11 is 0. The van der Waals surface area contributed by atoms with Crippen LogP contribution in [-0.4, -0.2) is 35.6 Å². The first kappa shape index (κ1) is 10.2. The standard InChI is InChI=1S/C12H15NO2/c14-9-11(10-5-2-1-3-6-10)12(15)13-7-4-8-13/h1-3,5-6,11,14H,4,7-9H2/t11-/m1/s1. The molecule has 0 bridgehead atoms. The summed E-state index contributed by atoms with van der Waals surface area (Å²) in [4.78, 5) is 13.7. The minimum absolute atomic E-state index is 0.0509. The van der Waals surface area contributed by atoms with Gasteiger partial charge in [0, 0.05) is 13.1 Å². The molecule has 0 spiro atoms. The molecule has 80 valence electrons. The summed E-state index contributed by atoms with van der Waals surface area (Å²) in [6.07, 6.45) is 1.08. The average molecular weight is 205 g/mol. The topological polar surface area (TPSA) is 40.5 Å². The number of likely N-dealkylation sites (tertiary alicyclic amines) is 1. The van der Waals surface area contributed by atoms with E-state index in [0.29, 0.717) is 0 Å². The number of amides is 1. The number of hydrogen-bond donors (Lipinski definition) is 1. The molecule has 1 N–H and O–H groups in total. The summed E-state index contributed by atoms with van der Waals surface area (Å²) in [6.45, 7) is 1.56. The number of nitrogens with zero attached hydrogens (tertiary/aromatic N) is 1. The van der Waals surface area contributed by atoms with Crippen molar-refractivity contribution in [1.29, 1.82) is 0 Å². The highest BCUT2D eigenvalue weighted by atomic mass is 16.3. The van der Waals surface area contributed by atoms with Gasteiger partial charge in [-0.15, -0.1) is 0 Å². The Balaban J connectivity index is 2.13. The highest BCUT2D eigenvalue weighted by Gasteiger charge is 2.28. The smallest absolute Gasteiger partial charge is 0.232 e. The van der Waals surface area contributed by atoms with Gasteiger partial charge in [0.1, 0.15) is 0 Å². The van der Waals surface area contributed by atoms with Crippen LogP contribution in [0.4, 0.5) is 0 Å². The van der Waals surface area contributed by atoms with Crippen LogP contribution in [0.3, 0.4) is 0 Å². The molecule has 2 rings (SSSR count). The first-order chi connectivity index (χ1) is 7.33. The Morgan fingerprint density at radius 2 is 2.00 bits per heavy atom. The third-order valence-corrected chi connectivity index (χ3v) is 2.85. The van der Waals surface area contributed by atoms with Crippen molar-refractivity contribution in [3.05, 3.63) is 35.9 Å². The Labute approximate surface area is 89.3 Å². The van der Waals surface area contributed by atoms with Crippen molar-refractivity contribution in [3.8, 4) is 0 Å². The summed E-state index contributed by atoms with van der Waals surface area (Å²) in [7, 11) is 0. The third kappa shape index (κ3) is 2.02. The van der Waals surface area contributed by atoms with Gasteiger partial charge in [0.25, 0.3) is 0 Å². The van der Waals surface area contributed by atoms with E-state index < -0.39 is 0 Å². The SMILES string of the molecule is O=C([C@H](CO)c1ccccc1)N1CCC1. The second-order valence-electron chi connectivity index (χ2n) is 3.82. The van der Waals surface area contributed by atoms with Crippen molar-refractivity contribution in [2.75, 3.05) is 19.7 Å². The highest BCUT2D eigenvalue weighted by molar-refractivity contribution is 5.84.